The third kappa shape index (κ3) is 4.39. The summed E-state index contributed by atoms with van der Waals surface area (Å²) in [7, 11) is 0. The van der Waals surface area contributed by atoms with Gasteiger partial charge in [0.1, 0.15) is 5.82 Å². The Labute approximate surface area is 219 Å². The second kappa shape index (κ2) is 9.45. The fourth-order valence-electron chi connectivity index (χ4n) is 5.54. The molecule has 3 aromatic heterocycles. The molecule has 1 saturated carbocycles. The number of carbonyl (C=O) groups is 1. The van der Waals surface area contributed by atoms with Crippen molar-refractivity contribution in [3.05, 3.63) is 66.1 Å². The molecule has 4 heterocycles. The number of rotatable bonds is 7. The molecule has 0 radical (unpaired) electrons. The average molecular weight is 516 g/mol. The minimum absolute atomic E-state index is 0.0179. The molecule has 4 N–H and O–H groups in total. The first-order chi connectivity index (χ1) is 18.3. The number of benzene rings is 1. The van der Waals surface area contributed by atoms with Crippen LogP contribution in [0.4, 0.5) is 15.9 Å². The highest BCUT2D eigenvalue weighted by molar-refractivity contribution is 6.00. The van der Waals surface area contributed by atoms with Gasteiger partial charge < -0.3 is 16.2 Å². The first-order valence-corrected chi connectivity index (χ1v) is 12.8. The first-order valence-electron chi connectivity index (χ1n) is 12.8. The van der Waals surface area contributed by atoms with E-state index >= 15 is 4.39 Å². The largest absolute Gasteiger partial charge is 0.396 e. The number of aryl methyl sites for hydroxylation is 1. The van der Waals surface area contributed by atoms with Crippen molar-refractivity contribution in [2.45, 2.75) is 32.4 Å². The molecule has 196 valence electrons. The van der Waals surface area contributed by atoms with Gasteiger partial charge in [-0.2, -0.15) is 5.10 Å². The van der Waals surface area contributed by atoms with Crippen molar-refractivity contribution >= 4 is 28.2 Å². The lowest BCUT2D eigenvalue weighted by molar-refractivity contribution is -0.117. The number of pyridine rings is 2. The first kappa shape index (κ1) is 24.4. The number of carbonyl (C=O) groups excluding carboxylic acids is 1. The lowest BCUT2D eigenvalue weighted by atomic mass is 9.98. The number of anilines is 2. The number of halogens is 1. The smallest absolute Gasteiger partial charge is 0.229 e. The number of aliphatic hydroxyl groups excluding tert-OH is 1. The molecule has 1 saturated heterocycles. The predicted molar refractivity (Wildman–Crippen MR) is 143 cm³/mol. The number of nitrogens with one attached hydrogen (secondary N) is 1. The summed E-state index contributed by atoms with van der Waals surface area (Å²) in [6.07, 6.45) is 8.42. The normalized spacial score (nSPS) is 21.4. The highest BCUT2D eigenvalue weighted by atomic mass is 19.1. The molecule has 9 nitrogen and oxygen atoms in total. The van der Waals surface area contributed by atoms with Crippen molar-refractivity contribution < 1.29 is 14.3 Å². The maximum Gasteiger partial charge on any atom is 0.229 e. The van der Waals surface area contributed by atoms with Gasteiger partial charge in [0.05, 0.1) is 24.5 Å². The second-order valence-electron chi connectivity index (χ2n) is 10.5. The van der Waals surface area contributed by atoms with E-state index in [0.717, 1.165) is 24.2 Å². The summed E-state index contributed by atoms with van der Waals surface area (Å²) in [5, 5.41) is 18.0. The molecule has 0 unspecified atom stereocenters. The Hall–Kier alpha value is -3.89. The van der Waals surface area contributed by atoms with Crippen LogP contribution in [0.5, 0.6) is 0 Å². The van der Waals surface area contributed by atoms with Crippen LogP contribution in [0.15, 0.2) is 49.2 Å². The number of aromatic nitrogens is 4. The van der Waals surface area contributed by atoms with E-state index in [1.54, 1.807) is 24.5 Å². The van der Waals surface area contributed by atoms with Gasteiger partial charge in [-0.15, -0.1) is 0 Å². The molecule has 4 aromatic rings. The molecule has 6 rings (SSSR count). The lowest BCUT2D eigenvalue weighted by Gasteiger charge is -2.35. The zero-order valence-corrected chi connectivity index (χ0v) is 21.3. The van der Waals surface area contributed by atoms with E-state index in [-0.39, 0.29) is 35.5 Å². The second-order valence-corrected chi connectivity index (χ2v) is 10.5. The Morgan fingerprint density at radius 3 is 2.79 bits per heavy atom. The van der Waals surface area contributed by atoms with Gasteiger partial charge in [0, 0.05) is 72.8 Å². The number of hydrogen-bond donors (Lipinski definition) is 3. The van der Waals surface area contributed by atoms with Gasteiger partial charge in [0.25, 0.3) is 0 Å². The van der Waals surface area contributed by atoms with Crippen LogP contribution in [0.2, 0.25) is 0 Å². The Kier molecular flexibility index (Phi) is 6.08. The number of nitrogen functional groups attached to an aromatic ring is 1. The van der Waals surface area contributed by atoms with Crippen molar-refractivity contribution in [3.63, 3.8) is 0 Å². The van der Waals surface area contributed by atoms with Gasteiger partial charge in [0.2, 0.25) is 5.91 Å². The van der Waals surface area contributed by atoms with E-state index in [0.29, 0.717) is 40.8 Å². The topological polar surface area (TPSA) is 122 Å². The van der Waals surface area contributed by atoms with Crippen LogP contribution in [0.25, 0.3) is 21.9 Å². The fourth-order valence-corrected chi connectivity index (χ4v) is 5.54. The molecular weight excluding hydrogens is 485 g/mol. The van der Waals surface area contributed by atoms with Crippen molar-refractivity contribution in [1.82, 2.24) is 24.6 Å². The Morgan fingerprint density at radius 1 is 1.21 bits per heavy atom. The van der Waals surface area contributed by atoms with Crippen LogP contribution in [0, 0.1) is 24.6 Å². The summed E-state index contributed by atoms with van der Waals surface area (Å²) in [4.78, 5) is 23.8. The third-order valence-electron chi connectivity index (χ3n) is 7.88. The summed E-state index contributed by atoms with van der Waals surface area (Å²) in [5.41, 5.74) is 9.11. The molecule has 1 aromatic carbocycles. The van der Waals surface area contributed by atoms with Crippen molar-refractivity contribution in [3.8, 4) is 11.1 Å². The van der Waals surface area contributed by atoms with Crippen LogP contribution in [-0.2, 0) is 11.3 Å². The number of hydrogen-bond acceptors (Lipinski definition) is 7. The van der Waals surface area contributed by atoms with Gasteiger partial charge >= 0.3 is 0 Å². The number of aliphatic hydroxyl groups is 1. The minimum atomic E-state index is -0.509. The highest BCUT2D eigenvalue weighted by Crippen LogP contribution is 2.54. The van der Waals surface area contributed by atoms with Crippen LogP contribution >= 0.6 is 0 Å². The van der Waals surface area contributed by atoms with Crippen LogP contribution in [-0.4, -0.2) is 61.4 Å². The SMILES string of the molecule is Cc1ccncc1-c1cc2cc(NC(=O)[C@@H]3[C@@H](C)[C@H]3c3cnn(CCN4CC(O)C4)c3)ncc2c(N)c1F. The van der Waals surface area contributed by atoms with Gasteiger partial charge in [0.15, 0.2) is 5.82 Å². The van der Waals surface area contributed by atoms with E-state index in [1.165, 1.54) is 6.20 Å². The maximum atomic E-state index is 15.1. The number of nitrogens with two attached hydrogens (primary N) is 1. The Morgan fingerprint density at radius 2 is 2.03 bits per heavy atom. The standard InChI is InChI=1S/C28H30FN7O2/c1-15-3-4-31-10-21(15)20-7-17-8-23(32-11-22(17)27(30)26(20)29)34-28(38)25-16(2)24(25)18-9-33-36(12-18)6-5-35-13-19(37)14-35/h3-4,7-12,16,19,24-25,37H,5-6,13-14,30H2,1-2H3,(H,32,34,38)/t16-,24-,25+/m0/s1. The summed E-state index contributed by atoms with van der Waals surface area (Å²) in [6.45, 7) is 6.97. The molecular formula is C28H30FN7O2. The Balaban J connectivity index is 1.17. The van der Waals surface area contributed by atoms with E-state index in [1.807, 2.05) is 30.1 Å². The quantitative estimate of drug-likeness (QED) is 0.323. The summed E-state index contributed by atoms with van der Waals surface area (Å²) >= 11 is 0. The van der Waals surface area contributed by atoms with E-state index in [4.69, 9.17) is 5.73 Å². The van der Waals surface area contributed by atoms with Crippen molar-refractivity contribution in [2.24, 2.45) is 11.8 Å². The zero-order chi connectivity index (χ0) is 26.6. The molecule has 0 spiro atoms. The summed E-state index contributed by atoms with van der Waals surface area (Å²) < 4.78 is 17.0. The highest BCUT2D eigenvalue weighted by Gasteiger charge is 2.53. The summed E-state index contributed by atoms with van der Waals surface area (Å²) in [5.74, 6) is -0.112. The molecule has 3 atom stereocenters. The zero-order valence-electron chi connectivity index (χ0n) is 21.3. The average Bonchev–Trinajstić information content (AvgIpc) is 3.33. The summed E-state index contributed by atoms with van der Waals surface area (Å²) in [6, 6.07) is 5.27. The van der Waals surface area contributed by atoms with Crippen LogP contribution in [0.3, 0.4) is 0 Å². The molecule has 2 fully saturated rings. The van der Waals surface area contributed by atoms with E-state index in [2.05, 4.69) is 32.2 Å². The monoisotopic (exact) mass is 515 g/mol. The third-order valence-corrected chi connectivity index (χ3v) is 7.88. The number of β-amino-alcohol motifs (C(OH)–C–C–N with tert-alkyl or cyclic N) is 1. The van der Waals surface area contributed by atoms with Crippen molar-refractivity contribution in [1.29, 1.82) is 0 Å². The van der Waals surface area contributed by atoms with Crippen LogP contribution in [0.1, 0.15) is 24.0 Å². The molecule has 38 heavy (non-hydrogen) atoms. The Bertz CT molecular complexity index is 1530. The van der Waals surface area contributed by atoms with Crippen LogP contribution < -0.4 is 11.1 Å². The molecule has 10 heteroatoms. The number of likely N-dealkylation sites (tertiary alicyclic amines) is 1. The minimum Gasteiger partial charge on any atom is -0.396 e. The van der Waals surface area contributed by atoms with E-state index < -0.39 is 5.82 Å². The van der Waals surface area contributed by atoms with Gasteiger partial charge in [-0.25, -0.2) is 9.37 Å². The van der Waals surface area contributed by atoms with Gasteiger partial charge in [-0.3, -0.25) is 19.4 Å². The number of nitrogens with zero attached hydrogens (tertiary/aromatic N) is 5. The lowest BCUT2D eigenvalue weighted by Crippen LogP contribution is -2.51. The molecule has 1 aliphatic carbocycles. The predicted octanol–water partition coefficient (Wildman–Crippen LogP) is 3.19. The molecule has 0 bridgehead atoms. The number of fused-ring (bicyclic) bond motifs is 1. The molecule has 2 aliphatic rings. The van der Waals surface area contributed by atoms with Gasteiger partial charge in [-0.1, -0.05) is 6.92 Å². The van der Waals surface area contributed by atoms with E-state index in [9.17, 15) is 9.90 Å². The van der Waals surface area contributed by atoms with Crippen molar-refractivity contribution in [2.75, 3.05) is 30.7 Å². The molecule has 1 aliphatic heterocycles. The molecule has 1 amide bonds. The van der Waals surface area contributed by atoms with Gasteiger partial charge in [-0.05, 0) is 47.6 Å². The number of amides is 1. The fraction of sp³-hybridized carbons (Fsp3) is 0.357. The maximum absolute atomic E-state index is 15.1.